The highest BCUT2D eigenvalue weighted by Crippen LogP contribution is 2.27. The lowest BCUT2D eigenvalue weighted by molar-refractivity contribution is -0.141. The van der Waals surface area contributed by atoms with Gasteiger partial charge in [-0.1, -0.05) is 23.4 Å². The van der Waals surface area contributed by atoms with E-state index in [1.165, 1.54) is 6.26 Å². The molecule has 12 heteroatoms. The maximum atomic E-state index is 14.3. The van der Waals surface area contributed by atoms with Crippen LogP contribution in [0, 0.1) is 5.82 Å². The molecule has 10 nitrogen and oxygen atoms in total. The Morgan fingerprint density at radius 2 is 2.27 bits per heavy atom. The van der Waals surface area contributed by atoms with E-state index in [4.69, 9.17) is 15.0 Å². The largest absolute Gasteiger partial charge is 0.463 e. The number of aromatic nitrogens is 5. The highest BCUT2D eigenvalue weighted by Gasteiger charge is 2.21. The fourth-order valence-corrected chi connectivity index (χ4v) is 3.18. The molecule has 1 aliphatic carbocycles. The first-order chi connectivity index (χ1) is 16.0. The number of esters is 1. The average molecular weight is 457 g/mol. The summed E-state index contributed by atoms with van der Waals surface area (Å²) in [7, 11) is 0. The van der Waals surface area contributed by atoms with Crippen molar-refractivity contribution in [3.8, 4) is 22.9 Å². The number of nitrogens with two attached hydrogens (primary N) is 1. The van der Waals surface area contributed by atoms with Crippen molar-refractivity contribution in [3.05, 3.63) is 54.2 Å². The first-order valence-electron chi connectivity index (χ1n) is 10.2. The van der Waals surface area contributed by atoms with Crippen molar-refractivity contribution in [2.75, 3.05) is 25.0 Å². The van der Waals surface area contributed by atoms with Gasteiger partial charge in [-0.05, 0) is 11.6 Å². The lowest BCUT2D eigenvalue weighted by Gasteiger charge is -2.15. The molecule has 0 saturated heterocycles. The SMILES string of the molecule is NCC(=O)OCCNc1nc(-c2cc(-c3ccon3)n(CC3=CC=CCC3F)n2)ncc1F. The molecule has 1 aliphatic rings. The van der Waals surface area contributed by atoms with Crippen molar-refractivity contribution >= 4 is 11.8 Å². The number of nitrogens with one attached hydrogen (secondary N) is 1. The summed E-state index contributed by atoms with van der Waals surface area (Å²) in [5.74, 6) is -1.17. The fourth-order valence-electron chi connectivity index (χ4n) is 3.18. The summed E-state index contributed by atoms with van der Waals surface area (Å²) >= 11 is 0. The van der Waals surface area contributed by atoms with Crippen molar-refractivity contribution in [3.63, 3.8) is 0 Å². The van der Waals surface area contributed by atoms with Crippen LogP contribution in [0.5, 0.6) is 0 Å². The van der Waals surface area contributed by atoms with E-state index in [9.17, 15) is 13.6 Å². The van der Waals surface area contributed by atoms with Crippen LogP contribution in [0.4, 0.5) is 14.6 Å². The maximum absolute atomic E-state index is 14.3. The Morgan fingerprint density at radius 3 is 3.03 bits per heavy atom. The van der Waals surface area contributed by atoms with Gasteiger partial charge >= 0.3 is 5.97 Å². The molecule has 0 fully saturated rings. The Kier molecular flexibility index (Phi) is 6.83. The molecular weight excluding hydrogens is 436 g/mol. The van der Waals surface area contributed by atoms with Gasteiger partial charge in [0.25, 0.3) is 0 Å². The average Bonchev–Trinajstić information content (AvgIpc) is 3.49. The van der Waals surface area contributed by atoms with Gasteiger partial charge in [-0.25, -0.2) is 18.7 Å². The minimum absolute atomic E-state index is 0.00625. The summed E-state index contributed by atoms with van der Waals surface area (Å²) in [4.78, 5) is 19.3. The van der Waals surface area contributed by atoms with E-state index in [0.29, 0.717) is 29.1 Å². The number of alkyl halides is 1. The monoisotopic (exact) mass is 457 g/mol. The topological polar surface area (TPSA) is 134 Å². The second kappa shape index (κ2) is 10.1. The van der Waals surface area contributed by atoms with Gasteiger partial charge in [0.2, 0.25) is 0 Å². The second-order valence-electron chi connectivity index (χ2n) is 7.07. The van der Waals surface area contributed by atoms with Crippen LogP contribution < -0.4 is 11.1 Å². The molecular formula is C21H21F2N7O3. The molecule has 3 heterocycles. The second-order valence-corrected chi connectivity index (χ2v) is 7.07. The first-order valence-corrected chi connectivity index (χ1v) is 10.2. The van der Waals surface area contributed by atoms with Gasteiger partial charge in [-0.3, -0.25) is 9.48 Å². The summed E-state index contributed by atoms with van der Waals surface area (Å²) in [6.45, 7) is 0.0659. The van der Waals surface area contributed by atoms with Crippen LogP contribution in [0.1, 0.15) is 6.42 Å². The van der Waals surface area contributed by atoms with Gasteiger partial charge < -0.3 is 20.3 Å². The zero-order chi connectivity index (χ0) is 23.2. The molecule has 0 saturated carbocycles. The maximum Gasteiger partial charge on any atom is 0.319 e. The minimum atomic E-state index is -1.11. The Hall–Kier alpha value is -3.93. The normalized spacial score (nSPS) is 15.4. The lowest BCUT2D eigenvalue weighted by Crippen LogP contribution is -2.20. The van der Waals surface area contributed by atoms with Crippen LogP contribution in [0.25, 0.3) is 22.9 Å². The number of carbonyl (C=O) groups is 1. The smallest absolute Gasteiger partial charge is 0.319 e. The van der Waals surface area contributed by atoms with E-state index in [0.717, 1.165) is 6.20 Å². The van der Waals surface area contributed by atoms with Crippen molar-refractivity contribution in [1.29, 1.82) is 0 Å². The van der Waals surface area contributed by atoms with Crippen LogP contribution in [0.15, 0.2) is 52.9 Å². The number of hydrogen-bond donors (Lipinski definition) is 2. The Bertz CT molecular complexity index is 1170. The fraction of sp³-hybridized carbons (Fsp3) is 0.286. The molecule has 0 amide bonds. The number of allylic oxidation sites excluding steroid dienone is 4. The van der Waals surface area contributed by atoms with Crippen LogP contribution in [-0.4, -0.2) is 56.7 Å². The third-order valence-corrected chi connectivity index (χ3v) is 4.80. The van der Waals surface area contributed by atoms with Crippen LogP contribution >= 0.6 is 0 Å². The summed E-state index contributed by atoms with van der Waals surface area (Å²) in [6, 6.07) is 3.32. The summed E-state index contributed by atoms with van der Waals surface area (Å²) < 4.78 is 39.9. The van der Waals surface area contributed by atoms with Gasteiger partial charge in [-0.15, -0.1) is 0 Å². The number of nitrogens with zero attached hydrogens (tertiary/aromatic N) is 5. The van der Waals surface area contributed by atoms with E-state index in [1.54, 1.807) is 35.0 Å². The molecule has 4 rings (SSSR count). The van der Waals surface area contributed by atoms with E-state index in [1.807, 2.05) is 0 Å². The van der Waals surface area contributed by atoms with Gasteiger partial charge in [0, 0.05) is 12.5 Å². The predicted octanol–water partition coefficient (Wildman–Crippen LogP) is 2.27. The van der Waals surface area contributed by atoms with Gasteiger partial charge in [0.05, 0.1) is 31.5 Å². The van der Waals surface area contributed by atoms with Gasteiger partial charge in [0.1, 0.15) is 30.4 Å². The van der Waals surface area contributed by atoms with E-state index >= 15 is 0 Å². The molecule has 0 bridgehead atoms. The molecule has 1 atom stereocenters. The Morgan fingerprint density at radius 1 is 1.39 bits per heavy atom. The van der Waals surface area contributed by atoms with Gasteiger partial charge in [-0.2, -0.15) is 5.10 Å². The molecule has 33 heavy (non-hydrogen) atoms. The van der Waals surface area contributed by atoms with Crippen molar-refractivity contribution in [2.24, 2.45) is 5.73 Å². The summed E-state index contributed by atoms with van der Waals surface area (Å²) in [6.07, 6.45) is 6.90. The first kappa shape index (κ1) is 22.3. The molecule has 172 valence electrons. The molecule has 1 unspecified atom stereocenters. The molecule has 3 N–H and O–H groups in total. The predicted molar refractivity (Wildman–Crippen MR) is 114 cm³/mol. The third kappa shape index (κ3) is 5.29. The quantitative estimate of drug-likeness (QED) is 0.366. The van der Waals surface area contributed by atoms with Crippen LogP contribution in [0.3, 0.4) is 0 Å². The minimum Gasteiger partial charge on any atom is -0.463 e. The summed E-state index contributed by atoms with van der Waals surface area (Å²) in [5.41, 5.74) is 7.13. The number of ether oxygens (including phenoxy) is 1. The summed E-state index contributed by atoms with van der Waals surface area (Å²) in [5, 5.41) is 11.2. The number of hydrogen-bond acceptors (Lipinski definition) is 9. The van der Waals surface area contributed by atoms with Crippen molar-refractivity contribution in [2.45, 2.75) is 19.1 Å². The molecule has 0 spiro atoms. The molecule has 0 aromatic carbocycles. The number of carbonyl (C=O) groups excluding carboxylic acids is 1. The number of halogens is 2. The third-order valence-electron chi connectivity index (χ3n) is 4.80. The Labute approximate surface area is 187 Å². The van der Waals surface area contributed by atoms with Crippen LogP contribution in [-0.2, 0) is 16.1 Å². The van der Waals surface area contributed by atoms with E-state index < -0.39 is 18.0 Å². The molecule has 0 radical (unpaired) electrons. The van der Waals surface area contributed by atoms with Gasteiger partial charge in [0.15, 0.2) is 17.5 Å². The highest BCUT2D eigenvalue weighted by molar-refractivity contribution is 5.71. The van der Waals surface area contributed by atoms with E-state index in [2.05, 4.69) is 25.5 Å². The standard InChI is InChI=1S/C21H21F2N7O3/c22-14-4-2-1-3-13(14)12-30-18(16-5-7-33-29-16)9-17(28-30)21-26-11-15(23)20(27-21)25-6-8-32-19(31)10-24/h1-3,5,7,9,11,14H,4,6,8,10,12,24H2,(H,25,26,27). The van der Waals surface area contributed by atoms with Crippen molar-refractivity contribution in [1.82, 2.24) is 24.9 Å². The number of anilines is 1. The lowest BCUT2D eigenvalue weighted by atomic mass is 10.0. The molecule has 3 aromatic rings. The molecule has 3 aromatic heterocycles. The Balaban J connectivity index is 1.59. The molecule has 0 aliphatic heterocycles. The van der Waals surface area contributed by atoms with Crippen LogP contribution in [0.2, 0.25) is 0 Å². The number of rotatable bonds is 9. The highest BCUT2D eigenvalue weighted by atomic mass is 19.1. The van der Waals surface area contributed by atoms with E-state index in [-0.39, 0.29) is 37.9 Å². The zero-order valence-corrected chi connectivity index (χ0v) is 17.4. The van der Waals surface area contributed by atoms with Crippen molar-refractivity contribution < 1.29 is 22.8 Å². The zero-order valence-electron chi connectivity index (χ0n) is 17.4.